The lowest BCUT2D eigenvalue weighted by Gasteiger charge is -2.17. The Labute approximate surface area is 118 Å². The van der Waals surface area contributed by atoms with Crippen molar-refractivity contribution in [2.24, 2.45) is 0 Å². The summed E-state index contributed by atoms with van der Waals surface area (Å²) >= 11 is 0. The van der Waals surface area contributed by atoms with Crippen LogP contribution in [0.25, 0.3) is 0 Å². The minimum Gasteiger partial charge on any atom is -0.352 e. The van der Waals surface area contributed by atoms with Crippen LogP contribution in [-0.4, -0.2) is 26.4 Å². The maximum atomic E-state index is 12.8. The average molecular weight is 302 g/mol. The van der Waals surface area contributed by atoms with Gasteiger partial charge in [-0.15, -0.1) is 0 Å². The molecule has 1 rings (SSSR count). The van der Waals surface area contributed by atoms with Crippen molar-refractivity contribution in [1.82, 2.24) is 10.0 Å². The van der Waals surface area contributed by atoms with Gasteiger partial charge in [0.05, 0.1) is 10.9 Å². The van der Waals surface area contributed by atoms with E-state index in [4.69, 9.17) is 0 Å². The number of hydrogen-bond acceptors (Lipinski definition) is 3. The summed E-state index contributed by atoms with van der Waals surface area (Å²) in [4.78, 5) is 11.7. The summed E-state index contributed by atoms with van der Waals surface area (Å²) in [5.41, 5.74) is 0. The molecule has 0 aromatic heterocycles. The van der Waals surface area contributed by atoms with Crippen LogP contribution in [0.2, 0.25) is 0 Å². The highest BCUT2D eigenvalue weighted by atomic mass is 32.2. The molecular formula is C13H19FN2O3S. The predicted molar refractivity (Wildman–Crippen MR) is 74.1 cm³/mol. The monoisotopic (exact) mass is 302 g/mol. The minimum absolute atomic E-state index is 0.0275. The second kappa shape index (κ2) is 6.81. The number of benzene rings is 1. The van der Waals surface area contributed by atoms with E-state index in [0.717, 1.165) is 30.7 Å². The number of carbonyl (C=O) groups excluding carboxylic acids is 1. The van der Waals surface area contributed by atoms with Crippen molar-refractivity contribution in [1.29, 1.82) is 0 Å². The van der Waals surface area contributed by atoms with Crippen molar-refractivity contribution in [3.63, 3.8) is 0 Å². The average Bonchev–Trinajstić information content (AvgIpc) is 2.38. The van der Waals surface area contributed by atoms with Crippen LogP contribution in [0.15, 0.2) is 29.2 Å². The molecule has 2 N–H and O–H groups in total. The molecule has 0 aliphatic heterocycles. The summed E-state index contributed by atoms with van der Waals surface area (Å²) in [7, 11) is -3.84. The largest absolute Gasteiger partial charge is 0.352 e. The molecule has 0 aliphatic carbocycles. The van der Waals surface area contributed by atoms with Gasteiger partial charge in [0.15, 0.2) is 0 Å². The highest BCUT2D eigenvalue weighted by Gasteiger charge is 2.22. The van der Waals surface area contributed by atoms with Crippen molar-refractivity contribution >= 4 is 15.9 Å². The topological polar surface area (TPSA) is 75.3 Å². The van der Waals surface area contributed by atoms with E-state index in [1.165, 1.54) is 6.92 Å². The number of sulfonamides is 1. The molecule has 0 radical (unpaired) electrons. The fraction of sp³-hybridized carbons (Fsp3) is 0.462. The molecule has 0 saturated heterocycles. The Kier molecular flexibility index (Phi) is 5.64. The maximum Gasteiger partial charge on any atom is 0.241 e. The number of halogens is 1. The number of rotatable bonds is 6. The van der Waals surface area contributed by atoms with E-state index in [9.17, 15) is 17.6 Å². The van der Waals surface area contributed by atoms with Gasteiger partial charge in [-0.3, -0.25) is 4.79 Å². The first kappa shape index (κ1) is 16.6. The van der Waals surface area contributed by atoms with E-state index in [1.54, 1.807) is 0 Å². The highest BCUT2D eigenvalue weighted by molar-refractivity contribution is 7.89. The van der Waals surface area contributed by atoms with E-state index in [-0.39, 0.29) is 10.9 Å². The number of amides is 1. The molecule has 5 nitrogen and oxygen atoms in total. The molecule has 1 aromatic rings. The lowest BCUT2D eigenvalue weighted by atomic mass is 10.2. The smallest absolute Gasteiger partial charge is 0.241 e. The molecule has 0 spiro atoms. The zero-order valence-corrected chi connectivity index (χ0v) is 12.5. The Hall–Kier alpha value is -1.47. The molecule has 0 bridgehead atoms. The number of carbonyl (C=O) groups is 1. The first-order valence-corrected chi connectivity index (χ1v) is 7.83. The highest BCUT2D eigenvalue weighted by Crippen LogP contribution is 2.10. The van der Waals surface area contributed by atoms with Crippen LogP contribution >= 0.6 is 0 Å². The van der Waals surface area contributed by atoms with Gasteiger partial charge in [-0.1, -0.05) is 6.92 Å². The summed E-state index contributed by atoms with van der Waals surface area (Å²) in [5.74, 6) is -0.920. The van der Waals surface area contributed by atoms with E-state index in [2.05, 4.69) is 10.0 Å². The van der Waals surface area contributed by atoms with Crippen LogP contribution < -0.4 is 10.0 Å². The first-order chi connectivity index (χ1) is 9.26. The van der Waals surface area contributed by atoms with Crippen LogP contribution in [0.5, 0.6) is 0 Å². The van der Waals surface area contributed by atoms with Gasteiger partial charge >= 0.3 is 0 Å². The number of hydrogen-bond donors (Lipinski definition) is 2. The van der Waals surface area contributed by atoms with Crippen LogP contribution in [0.4, 0.5) is 4.39 Å². The zero-order chi connectivity index (χ0) is 15.3. The molecule has 1 aromatic carbocycles. The molecule has 1 amide bonds. The van der Waals surface area contributed by atoms with Gasteiger partial charge in [0.1, 0.15) is 5.82 Å². The standard InChI is InChI=1S/C13H19FN2O3S/c1-4-9(2)15-13(17)10(3)16-20(18,19)12-7-5-11(14)6-8-12/h5-10,16H,4H2,1-3H3,(H,15,17)/t9-,10-/m1/s1. The predicted octanol–water partition coefficient (Wildman–Crippen LogP) is 1.41. The lowest BCUT2D eigenvalue weighted by Crippen LogP contribution is -2.47. The molecule has 0 unspecified atom stereocenters. The molecule has 0 heterocycles. The Morgan fingerprint density at radius 1 is 1.25 bits per heavy atom. The molecule has 112 valence electrons. The third-order valence-electron chi connectivity index (χ3n) is 2.85. The van der Waals surface area contributed by atoms with Crippen molar-refractivity contribution in [2.45, 2.75) is 44.2 Å². The van der Waals surface area contributed by atoms with Gasteiger partial charge in [0.25, 0.3) is 0 Å². The zero-order valence-electron chi connectivity index (χ0n) is 11.7. The van der Waals surface area contributed by atoms with E-state index >= 15 is 0 Å². The van der Waals surface area contributed by atoms with Crippen molar-refractivity contribution in [3.05, 3.63) is 30.1 Å². The van der Waals surface area contributed by atoms with Crippen LogP contribution in [0.3, 0.4) is 0 Å². The van der Waals surface area contributed by atoms with Crippen LogP contribution in [0.1, 0.15) is 27.2 Å². The van der Waals surface area contributed by atoms with Crippen molar-refractivity contribution in [3.8, 4) is 0 Å². The normalized spacial score (nSPS) is 14.6. The fourth-order valence-electron chi connectivity index (χ4n) is 1.44. The Morgan fingerprint density at radius 3 is 2.30 bits per heavy atom. The van der Waals surface area contributed by atoms with Gasteiger partial charge in [-0.25, -0.2) is 12.8 Å². The second-order valence-corrected chi connectivity index (χ2v) is 6.33. The summed E-state index contributed by atoms with van der Waals surface area (Å²) in [5, 5.41) is 2.69. The first-order valence-electron chi connectivity index (χ1n) is 6.34. The van der Waals surface area contributed by atoms with Gasteiger partial charge < -0.3 is 5.32 Å². The molecule has 0 saturated carbocycles. The van der Waals surface area contributed by atoms with E-state index in [0.29, 0.717) is 0 Å². The summed E-state index contributed by atoms with van der Waals surface area (Å²) in [6.07, 6.45) is 0.753. The summed E-state index contributed by atoms with van der Waals surface area (Å²) in [6, 6.07) is 3.48. The molecule has 7 heteroatoms. The molecule has 0 aliphatic rings. The SMILES string of the molecule is CC[C@@H](C)NC(=O)[C@@H](C)NS(=O)(=O)c1ccc(F)cc1. The van der Waals surface area contributed by atoms with Crippen LogP contribution in [0, 0.1) is 5.82 Å². The molecule has 20 heavy (non-hydrogen) atoms. The van der Waals surface area contributed by atoms with Crippen LogP contribution in [-0.2, 0) is 14.8 Å². The quantitative estimate of drug-likeness (QED) is 0.834. The second-order valence-electron chi connectivity index (χ2n) is 4.61. The molecular weight excluding hydrogens is 283 g/mol. The van der Waals surface area contributed by atoms with Gasteiger partial charge in [-0.05, 0) is 44.5 Å². The minimum atomic E-state index is -3.84. The van der Waals surface area contributed by atoms with Gasteiger partial charge in [0.2, 0.25) is 15.9 Å². The molecule has 0 fully saturated rings. The lowest BCUT2D eigenvalue weighted by molar-refractivity contribution is -0.122. The Morgan fingerprint density at radius 2 is 1.80 bits per heavy atom. The number of nitrogens with one attached hydrogen (secondary N) is 2. The summed E-state index contributed by atoms with van der Waals surface area (Å²) in [6.45, 7) is 5.20. The van der Waals surface area contributed by atoms with Crippen molar-refractivity contribution < 1.29 is 17.6 Å². The third kappa shape index (κ3) is 4.57. The summed E-state index contributed by atoms with van der Waals surface area (Å²) < 4.78 is 39.0. The Balaban J connectivity index is 2.75. The van der Waals surface area contributed by atoms with Gasteiger partial charge in [-0.2, -0.15) is 4.72 Å². The Bertz CT molecular complexity index is 557. The maximum absolute atomic E-state index is 12.8. The van der Waals surface area contributed by atoms with E-state index < -0.39 is 27.8 Å². The third-order valence-corrected chi connectivity index (χ3v) is 4.41. The van der Waals surface area contributed by atoms with Crippen molar-refractivity contribution in [2.75, 3.05) is 0 Å². The van der Waals surface area contributed by atoms with E-state index in [1.807, 2.05) is 13.8 Å². The molecule has 2 atom stereocenters. The van der Waals surface area contributed by atoms with Gasteiger partial charge in [0, 0.05) is 6.04 Å². The fourth-order valence-corrected chi connectivity index (χ4v) is 2.64.